The first-order valence-electron chi connectivity index (χ1n) is 5.46. The summed E-state index contributed by atoms with van der Waals surface area (Å²) in [5.41, 5.74) is 5.40. The smallest absolute Gasteiger partial charge is 0.317 e. The van der Waals surface area contributed by atoms with Gasteiger partial charge in [0.05, 0.1) is 6.04 Å². The number of carbonyl (C=O) groups excluding carboxylic acids is 1. The molecule has 0 rings (SSSR count). The van der Waals surface area contributed by atoms with Crippen LogP contribution in [-0.4, -0.2) is 35.9 Å². The summed E-state index contributed by atoms with van der Waals surface area (Å²) in [6, 6.07) is -0.475. The van der Waals surface area contributed by atoms with Crippen LogP contribution < -0.4 is 11.1 Å². The van der Waals surface area contributed by atoms with E-state index in [4.69, 9.17) is 11.1 Å². The van der Waals surface area contributed by atoms with Crippen molar-refractivity contribution in [2.24, 2.45) is 5.73 Å². The minimum atomic E-state index is -0.330. The van der Waals surface area contributed by atoms with Crippen molar-refractivity contribution in [1.82, 2.24) is 10.2 Å². The van der Waals surface area contributed by atoms with Gasteiger partial charge < -0.3 is 16.0 Å². The van der Waals surface area contributed by atoms with Crippen LogP contribution >= 0.6 is 0 Å². The average Bonchev–Trinajstić information content (AvgIpc) is 2.18. The standard InChI is InChI=1S/C10H22N4O/c1-4-7-8(9(11)12)13-10(15)14(5-2)6-3/h8H,4-7H2,1-3H3,(H3,11,12)(H,13,15). The summed E-state index contributed by atoms with van der Waals surface area (Å²) in [5, 5.41) is 10.1. The Bertz CT molecular complexity index is 213. The lowest BCUT2D eigenvalue weighted by molar-refractivity contribution is 0.201. The van der Waals surface area contributed by atoms with E-state index < -0.39 is 0 Å². The molecule has 1 atom stereocenters. The molecular weight excluding hydrogens is 192 g/mol. The van der Waals surface area contributed by atoms with Gasteiger partial charge in [0.15, 0.2) is 0 Å². The first kappa shape index (κ1) is 13.7. The van der Waals surface area contributed by atoms with Gasteiger partial charge in [-0.3, -0.25) is 5.41 Å². The Morgan fingerprint density at radius 2 is 1.93 bits per heavy atom. The van der Waals surface area contributed by atoms with Gasteiger partial charge in [-0.25, -0.2) is 4.79 Å². The van der Waals surface area contributed by atoms with E-state index in [2.05, 4.69) is 5.32 Å². The molecule has 0 aromatic heterocycles. The van der Waals surface area contributed by atoms with Gasteiger partial charge in [0.25, 0.3) is 0 Å². The minimum Gasteiger partial charge on any atom is -0.386 e. The molecule has 0 aliphatic heterocycles. The fraction of sp³-hybridized carbons (Fsp3) is 0.800. The number of urea groups is 1. The molecule has 1 unspecified atom stereocenters. The number of amidine groups is 1. The van der Waals surface area contributed by atoms with Crippen molar-refractivity contribution >= 4 is 11.9 Å². The van der Waals surface area contributed by atoms with Gasteiger partial charge in [0.2, 0.25) is 0 Å². The van der Waals surface area contributed by atoms with Crippen LogP contribution in [0.15, 0.2) is 0 Å². The Labute approximate surface area is 91.5 Å². The Balaban J connectivity index is 4.27. The van der Waals surface area contributed by atoms with Crippen LogP contribution in [0.3, 0.4) is 0 Å². The maximum absolute atomic E-state index is 11.7. The van der Waals surface area contributed by atoms with E-state index in [-0.39, 0.29) is 17.9 Å². The van der Waals surface area contributed by atoms with Crippen LogP contribution in [0.25, 0.3) is 0 Å². The number of nitrogens with one attached hydrogen (secondary N) is 2. The maximum atomic E-state index is 11.7. The molecule has 0 radical (unpaired) electrons. The van der Waals surface area contributed by atoms with E-state index in [0.29, 0.717) is 19.5 Å². The van der Waals surface area contributed by atoms with Crippen molar-refractivity contribution in [3.63, 3.8) is 0 Å². The third kappa shape index (κ3) is 4.67. The summed E-state index contributed by atoms with van der Waals surface area (Å²) < 4.78 is 0. The summed E-state index contributed by atoms with van der Waals surface area (Å²) >= 11 is 0. The average molecular weight is 214 g/mol. The molecule has 0 aromatic carbocycles. The Morgan fingerprint density at radius 3 is 2.27 bits per heavy atom. The van der Waals surface area contributed by atoms with Gasteiger partial charge in [-0.15, -0.1) is 0 Å². The normalized spacial score (nSPS) is 11.9. The highest BCUT2D eigenvalue weighted by Crippen LogP contribution is 1.98. The number of rotatable bonds is 6. The Morgan fingerprint density at radius 1 is 1.40 bits per heavy atom. The van der Waals surface area contributed by atoms with Crippen LogP contribution in [0.4, 0.5) is 4.79 Å². The lowest BCUT2D eigenvalue weighted by atomic mass is 10.1. The van der Waals surface area contributed by atoms with E-state index >= 15 is 0 Å². The first-order chi connectivity index (χ1) is 7.06. The van der Waals surface area contributed by atoms with Crippen molar-refractivity contribution < 1.29 is 4.79 Å². The van der Waals surface area contributed by atoms with Crippen LogP contribution in [0, 0.1) is 5.41 Å². The highest BCUT2D eigenvalue weighted by molar-refractivity contribution is 5.87. The molecule has 0 aliphatic rings. The van der Waals surface area contributed by atoms with E-state index in [1.807, 2.05) is 20.8 Å². The molecule has 0 spiro atoms. The summed E-state index contributed by atoms with van der Waals surface area (Å²) in [7, 11) is 0. The van der Waals surface area contributed by atoms with Crippen LogP contribution in [0.5, 0.6) is 0 Å². The van der Waals surface area contributed by atoms with Crippen molar-refractivity contribution in [2.45, 2.75) is 39.7 Å². The molecule has 88 valence electrons. The predicted octanol–water partition coefficient (Wildman–Crippen LogP) is 1.14. The molecule has 0 aliphatic carbocycles. The predicted molar refractivity (Wildman–Crippen MR) is 62.1 cm³/mol. The van der Waals surface area contributed by atoms with E-state index in [1.54, 1.807) is 4.90 Å². The number of nitrogens with two attached hydrogens (primary N) is 1. The molecular formula is C10H22N4O. The molecule has 0 fully saturated rings. The SMILES string of the molecule is CCCC(NC(=O)N(CC)CC)C(=N)N. The summed E-state index contributed by atoms with van der Waals surface area (Å²) in [4.78, 5) is 13.3. The van der Waals surface area contributed by atoms with Gasteiger partial charge >= 0.3 is 6.03 Å². The molecule has 15 heavy (non-hydrogen) atoms. The van der Waals surface area contributed by atoms with E-state index in [9.17, 15) is 4.79 Å². The van der Waals surface area contributed by atoms with Crippen molar-refractivity contribution in [3.8, 4) is 0 Å². The fourth-order valence-electron chi connectivity index (χ4n) is 1.35. The number of amides is 2. The van der Waals surface area contributed by atoms with E-state index in [0.717, 1.165) is 6.42 Å². The lowest BCUT2D eigenvalue weighted by Gasteiger charge is -2.23. The molecule has 0 saturated carbocycles. The molecule has 0 aromatic rings. The number of hydrogen-bond acceptors (Lipinski definition) is 2. The van der Waals surface area contributed by atoms with Crippen LogP contribution in [-0.2, 0) is 0 Å². The summed E-state index contributed by atoms with van der Waals surface area (Å²) in [6.45, 7) is 7.18. The Hall–Kier alpha value is -1.26. The van der Waals surface area contributed by atoms with Gasteiger partial charge in [-0.05, 0) is 20.3 Å². The summed E-state index contributed by atoms with van der Waals surface area (Å²) in [5.74, 6) is 0.0253. The Kier molecular flexibility index (Phi) is 6.49. The molecule has 0 heterocycles. The quantitative estimate of drug-likeness (QED) is 0.458. The highest BCUT2D eigenvalue weighted by atomic mass is 16.2. The highest BCUT2D eigenvalue weighted by Gasteiger charge is 2.16. The third-order valence-electron chi connectivity index (χ3n) is 2.30. The lowest BCUT2D eigenvalue weighted by Crippen LogP contribution is -2.49. The van der Waals surface area contributed by atoms with Crippen molar-refractivity contribution in [3.05, 3.63) is 0 Å². The first-order valence-corrected chi connectivity index (χ1v) is 5.46. The zero-order chi connectivity index (χ0) is 11.8. The van der Waals surface area contributed by atoms with Gasteiger partial charge in [0, 0.05) is 13.1 Å². The summed E-state index contributed by atoms with van der Waals surface area (Å²) in [6.07, 6.45) is 1.60. The maximum Gasteiger partial charge on any atom is 0.317 e. The van der Waals surface area contributed by atoms with Crippen molar-refractivity contribution in [1.29, 1.82) is 5.41 Å². The van der Waals surface area contributed by atoms with Crippen LogP contribution in [0.1, 0.15) is 33.6 Å². The second-order valence-electron chi connectivity index (χ2n) is 3.42. The topological polar surface area (TPSA) is 82.2 Å². The minimum absolute atomic E-state index is 0.0253. The molecule has 5 heteroatoms. The molecule has 0 saturated heterocycles. The number of carbonyl (C=O) groups is 1. The number of hydrogen-bond donors (Lipinski definition) is 3. The second kappa shape index (κ2) is 7.09. The second-order valence-corrected chi connectivity index (χ2v) is 3.42. The molecule has 5 nitrogen and oxygen atoms in total. The molecule has 2 amide bonds. The zero-order valence-corrected chi connectivity index (χ0v) is 9.84. The number of nitrogens with zero attached hydrogens (tertiary/aromatic N) is 1. The fourth-order valence-corrected chi connectivity index (χ4v) is 1.35. The van der Waals surface area contributed by atoms with E-state index in [1.165, 1.54) is 0 Å². The molecule has 0 bridgehead atoms. The van der Waals surface area contributed by atoms with Crippen molar-refractivity contribution in [2.75, 3.05) is 13.1 Å². The monoisotopic (exact) mass is 214 g/mol. The molecule has 4 N–H and O–H groups in total. The largest absolute Gasteiger partial charge is 0.386 e. The van der Waals surface area contributed by atoms with Gasteiger partial charge in [-0.2, -0.15) is 0 Å². The van der Waals surface area contributed by atoms with Gasteiger partial charge in [0.1, 0.15) is 5.84 Å². The third-order valence-corrected chi connectivity index (χ3v) is 2.30. The van der Waals surface area contributed by atoms with Crippen LogP contribution in [0.2, 0.25) is 0 Å². The van der Waals surface area contributed by atoms with Gasteiger partial charge in [-0.1, -0.05) is 13.3 Å². The zero-order valence-electron chi connectivity index (χ0n) is 9.84.